The van der Waals surface area contributed by atoms with Crippen LogP contribution < -0.4 is 5.73 Å². The van der Waals surface area contributed by atoms with Crippen LogP contribution in [0.3, 0.4) is 0 Å². The van der Waals surface area contributed by atoms with Gasteiger partial charge in [-0.05, 0) is 30.5 Å². The normalized spacial score (nSPS) is 11.7. The predicted octanol–water partition coefficient (Wildman–Crippen LogP) is 2.67. The van der Waals surface area contributed by atoms with Crippen LogP contribution in [-0.2, 0) is 11.3 Å². The van der Waals surface area contributed by atoms with Gasteiger partial charge >= 0.3 is 0 Å². The van der Waals surface area contributed by atoms with Gasteiger partial charge in [0.15, 0.2) is 0 Å². The highest BCUT2D eigenvalue weighted by Crippen LogP contribution is 2.14. The van der Waals surface area contributed by atoms with E-state index < -0.39 is 0 Å². The van der Waals surface area contributed by atoms with Crippen LogP contribution in [0.4, 0.5) is 0 Å². The summed E-state index contributed by atoms with van der Waals surface area (Å²) >= 11 is 0. The van der Waals surface area contributed by atoms with Crippen LogP contribution >= 0.6 is 0 Å². The average Bonchev–Trinajstić information content (AvgIpc) is 2.52. The Labute approximate surface area is 127 Å². The molecule has 0 aliphatic carbocycles. The minimum Gasteiger partial charge on any atom is -0.338 e. The van der Waals surface area contributed by atoms with Crippen molar-refractivity contribution in [3.05, 3.63) is 35.4 Å². The van der Waals surface area contributed by atoms with E-state index in [1.807, 2.05) is 17.0 Å². The van der Waals surface area contributed by atoms with E-state index in [4.69, 9.17) is 11.0 Å². The van der Waals surface area contributed by atoms with E-state index in [9.17, 15) is 4.79 Å². The van der Waals surface area contributed by atoms with Crippen LogP contribution in [0.5, 0.6) is 0 Å². The van der Waals surface area contributed by atoms with Gasteiger partial charge in [0.25, 0.3) is 0 Å². The first kappa shape index (κ1) is 17.2. The highest BCUT2D eigenvalue weighted by molar-refractivity contribution is 5.79. The standard InChI is InChI=1S/C17H25N3O/c1-3-5-16(12-19)17(21)20(10-4-2)13-15-8-6-14(11-18)7-9-15/h6-9,16H,3-5,10,12-13,19H2,1-2H3. The van der Waals surface area contributed by atoms with Gasteiger partial charge in [-0.15, -0.1) is 0 Å². The molecule has 0 aliphatic heterocycles. The predicted molar refractivity (Wildman–Crippen MR) is 84.3 cm³/mol. The number of hydrogen-bond donors (Lipinski definition) is 1. The van der Waals surface area contributed by atoms with Crippen molar-refractivity contribution in [3.8, 4) is 6.07 Å². The molecule has 0 saturated heterocycles. The molecule has 0 aliphatic rings. The molecule has 4 nitrogen and oxygen atoms in total. The number of carbonyl (C=O) groups excluding carboxylic acids is 1. The Hall–Kier alpha value is -1.86. The van der Waals surface area contributed by atoms with E-state index in [0.717, 1.165) is 31.4 Å². The number of nitriles is 1. The third-order valence-electron chi connectivity index (χ3n) is 3.53. The van der Waals surface area contributed by atoms with Crippen molar-refractivity contribution in [2.75, 3.05) is 13.1 Å². The molecule has 0 heterocycles. The molecule has 0 saturated carbocycles. The number of nitrogens with zero attached hydrogens (tertiary/aromatic N) is 2. The average molecular weight is 287 g/mol. The fourth-order valence-electron chi connectivity index (χ4n) is 2.39. The van der Waals surface area contributed by atoms with Gasteiger partial charge in [0.1, 0.15) is 0 Å². The van der Waals surface area contributed by atoms with Crippen LogP contribution in [0, 0.1) is 17.2 Å². The summed E-state index contributed by atoms with van der Waals surface area (Å²) in [4.78, 5) is 14.5. The molecule has 0 radical (unpaired) electrons. The molecule has 1 amide bonds. The SMILES string of the molecule is CCCC(CN)C(=O)N(CCC)Cc1ccc(C#N)cc1. The van der Waals surface area contributed by atoms with Crippen molar-refractivity contribution >= 4 is 5.91 Å². The van der Waals surface area contributed by atoms with Gasteiger partial charge in [0, 0.05) is 19.6 Å². The van der Waals surface area contributed by atoms with E-state index in [1.165, 1.54) is 0 Å². The molecular weight excluding hydrogens is 262 g/mol. The number of nitrogens with two attached hydrogens (primary N) is 1. The lowest BCUT2D eigenvalue weighted by Crippen LogP contribution is -2.39. The third-order valence-corrected chi connectivity index (χ3v) is 3.53. The lowest BCUT2D eigenvalue weighted by atomic mass is 10.0. The summed E-state index contributed by atoms with van der Waals surface area (Å²) in [6.45, 7) is 5.86. The molecule has 114 valence electrons. The summed E-state index contributed by atoms with van der Waals surface area (Å²) in [7, 11) is 0. The topological polar surface area (TPSA) is 70.1 Å². The molecule has 1 aromatic carbocycles. The molecule has 1 atom stereocenters. The van der Waals surface area contributed by atoms with Gasteiger partial charge in [-0.25, -0.2) is 0 Å². The number of carbonyl (C=O) groups is 1. The van der Waals surface area contributed by atoms with Gasteiger partial charge in [-0.3, -0.25) is 4.79 Å². The molecule has 2 N–H and O–H groups in total. The number of rotatable bonds is 8. The Morgan fingerprint density at radius 2 is 1.95 bits per heavy atom. The Bertz CT molecular complexity index is 476. The van der Waals surface area contributed by atoms with Crippen molar-refractivity contribution in [1.29, 1.82) is 5.26 Å². The molecule has 0 bridgehead atoms. The Kier molecular flexibility index (Phi) is 7.49. The van der Waals surface area contributed by atoms with E-state index in [2.05, 4.69) is 19.9 Å². The van der Waals surface area contributed by atoms with E-state index in [0.29, 0.717) is 18.7 Å². The van der Waals surface area contributed by atoms with Crippen LogP contribution in [0.1, 0.15) is 44.2 Å². The molecular formula is C17H25N3O. The van der Waals surface area contributed by atoms with Gasteiger partial charge < -0.3 is 10.6 Å². The maximum absolute atomic E-state index is 12.6. The van der Waals surface area contributed by atoms with Gasteiger partial charge in [-0.2, -0.15) is 5.26 Å². The van der Waals surface area contributed by atoms with Gasteiger partial charge in [-0.1, -0.05) is 32.4 Å². The Balaban J connectivity index is 2.80. The lowest BCUT2D eigenvalue weighted by molar-refractivity contribution is -0.136. The fraction of sp³-hybridized carbons (Fsp3) is 0.529. The van der Waals surface area contributed by atoms with Crippen molar-refractivity contribution in [2.24, 2.45) is 11.7 Å². The maximum Gasteiger partial charge on any atom is 0.227 e. The summed E-state index contributed by atoms with van der Waals surface area (Å²) in [5.74, 6) is 0.0606. The molecule has 4 heteroatoms. The van der Waals surface area contributed by atoms with Crippen LogP contribution in [0.25, 0.3) is 0 Å². The van der Waals surface area contributed by atoms with Crippen molar-refractivity contribution in [3.63, 3.8) is 0 Å². The fourth-order valence-corrected chi connectivity index (χ4v) is 2.39. The van der Waals surface area contributed by atoms with Crippen molar-refractivity contribution in [1.82, 2.24) is 4.90 Å². The van der Waals surface area contributed by atoms with E-state index >= 15 is 0 Å². The largest absolute Gasteiger partial charge is 0.338 e. The summed E-state index contributed by atoms with van der Waals surface area (Å²) in [5, 5.41) is 8.82. The smallest absolute Gasteiger partial charge is 0.227 e. The third kappa shape index (κ3) is 5.20. The van der Waals surface area contributed by atoms with Crippen molar-refractivity contribution < 1.29 is 4.79 Å². The summed E-state index contributed by atoms with van der Waals surface area (Å²) in [5.41, 5.74) is 7.42. The van der Waals surface area contributed by atoms with E-state index in [1.54, 1.807) is 12.1 Å². The minimum atomic E-state index is -0.0834. The number of hydrogen-bond acceptors (Lipinski definition) is 3. The molecule has 1 rings (SSSR count). The first-order chi connectivity index (χ1) is 10.2. The number of benzene rings is 1. The summed E-state index contributed by atoms with van der Waals surface area (Å²) in [6.07, 6.45) is 2.72. The Morgan fingerprint density at radius 1 is 1.29 bits per heavy atom. The lowest BCUT2D eigenvalue weighted by Gasteiger charge is -2.26. The van der Waals surface area contributed by atoms with Gasteiger partial charge in [0.2, 0.25) is 5.91 Å². The monoisotopic (exact) mass is 287 g/mol. The molecule has 0 spiro atoms. The molecule has 0 fully saturated rings. The Morgan fingerprint density at radius 3 is 2.43 bits per heavy atom. The number of amides is 1. The second-order valence-corrected chi connectivity index (χ2v) is 5.29. The van der Waals surface area contributed by atoms with Crippen LogP contribution in [0.15, 0.2) is 24.3 Å². The second kappa shape index (κ2) is 9.15. The molecule has 0 aromatic heterocycles. The van der Waals surface area contributed by atoms with Crippen molar-refractivity contribution in [2.45, 2.75) is 39.7 Å². The van der Waals surface area contributed by atoms with E-state index in [-0.39, 0.29) is 11.8 Å². The highest BCUT2D eigenvalue weighted by Gasteiger charge is 2.22. The minimum absolute atomic E-state index is 0.0834. The zero-order valence-corrected chi connectivity index (χ0v) is 13.0. The molecule has 21 heavy (non-hydrogen) atoms. The quantitative estimate of drug-likeness (QED) is 0.799. The second-order valence-electron chi connectivity index (χ2n) is 5.29. The first-order valence-electron chi connectivity index (χ1n) is 7.64. The van der Waals surface area contributed by atoms with Gasteiger partial charge in [0.05, 0.1) is 17.6 Å². The summed E-state index contributed by atoms with van der Waals surface area (Å²) in [6, 6.07) is 9.50. The maximum atomic E-state index is 12.6. The van der Waals surface area contributed by atoms with Crippen LogP contribution in [0.2, 0.25) is 0 Å². The zero-order chi connectivity index (χ0) is 15.7. The van der Waals surface area contributed by atoms with Crippen LogP contribution in [-0.4, -0.2) is 23.9 Å². The molecule has 1 aromatic rings. The summed E-state index contributed by atoms with van der Waals surface area (Å²) < 4.78 is 0. The molecule has 1 unspecified atom stereocenters. The zero-order valence-electron chi connectivity index (χ0n) is 13.0. The highest BCUT2D eigenvalue weighted by atomic mass is 16.2. The first-order valence-corrected chi connectivity index (χ1v) is 7.64.